The van der Waals surface area contributed by atoms with Crippen molar-refractivity contribution < 1.29 is 4.74 Å². The summed E-state index contributed by atoms with van der Waals surface area (Å²) in [5.41, 5.74) is 0. The van der Waals surface area contributed by atoms with Crippen molar-refractivity contribution >= 4 is 0 Å². The SMILES string of the molecule is C[C@@H]1[C@H](N2CCOCC2)CCN1CC1CCC1. The van der Waals surface area contributed by atoms with E-state index in [1.54, 1.807) is 0 Å². The summed E-state index contributed by atoms with van der Waals surface area (Å²) in [6.07, 6.45) is 5.80. The van der Waals surface area contributed by atoms with Crippen LogP contribution in [0.5, 0.6) is 0 Å². The lowest BCUT2D eigenvalue weighted by Crippen LogP contribution is -2.49. The highest BCUT2D eigenvalue weighted by Gasteiger charge is 2.36. The van der Waals surface area contributed by atoms with Crippen molar-refractivity contribution in [1.82, 2.24) is 9.80 Å². The van der Waals surface area contributed by atoms with E-state index in [-0.39, 0.29) is 0 Å². The van der Waals surface area contributed by atoms with Gasteiger partial charge in [-0.15, -0.1) is 0 Å². The molecule has 3 rings (SSSR count). The second-order valence-corrected chi connectivity index (χ2v) is 6.04. The van der Waals surface area contributed by atoms with Gasteiger partial charge in [0.15, 0.2) is 0 Å². The van der Waals surface area contributed by atoms with E-state index >= 15 is 0 Å². The summed E-state index contributed by atoms with van der Waals surface area (Å²) in [5.74, 6) is 1.01. The van der Waals surface area contributed by atoms with Gasteiger partial charge >= 0.3 is 0 Å². The maximum absolute atomic E-state index is 5.46. The third-order valence-corrected chi connectivity index (χ3v) is 5.08. The molecule has 17 heavy (non-hydrogen) atoms. The first-order valence-corrected chi connectivity index (χ1v) is 7.40. The van der Waals surface area contributed by atoms with Gasteiger partial charge in [-0.2, -0.15) is 0 Å². The van der Waals surface area contributed by atoms with Gasteiger partial charge in [-0.3, -0.25) is 9.80 Å². The molecule has 2 saturated heterocycles. The van der Waals surface area contributed by atoms with Gasteiger partial charge in [-0.1, -0.05) is 6.42 Å². The molecule has 2 atom stereocenters. The molecule has 3 nitrogen and oxygen atoms in total. The molecule has 2 heterocycles. The Morgan fingerprint density at radius 3 is 2.47 bits per heavy atom. The second kappa shape index (κ2) is 5.25. The molecule has 3 heteroatoms. The van der Waals surface area contributed by atoms with E-state index < -0.39 is 0 Å². The zero-order chi connectivity index (χ0) is 11.7. The summed E-state index contributed by atoms with van der Waals surface area (Å²) in [6, 6.07) is 1.55. The number of morpholine rings is 1. The van der Waals surface area contributed by atoms with Crippen LogP contribution >= 0.6 is 0 Å². The van der Waals surface area contributed by atoms with Crippen molar-refractivity contribution in [2.45, 2.75) is 44.7 Å². The first-order chi connectivity index (χ1) is 8.34. The highest BCUT2D eigenvalue weighted by Crippen LogP contribution is 2.31. The minimum Gasteiger partial charge on any atom is -0.379 e. The van der Waals surface area contributed by atoms with Crippen molar-refractivity contribution in [2.75, 3.05) is 39.4 Å². The number of hydrogen-bond acceptors (Lipinski definition) is 3. The van der Waals surface area contributed by atoms with Crippen molar-refractivity contribution in [3.05, 3.63) is 0 Å². The average Bonchev–Trinajstić information content (AvgIpc) is 2.67. The molecule has 0 aromatic heterocycles. The summed E-state index contributed by atoms with van der Waals surface area (Å²) in [6.45, 7) is 9.28. The monoisotopic (exact) mass is 238 g/mol. The van der Waals surface area contributed by atoms with Gasteiger partial charge < -0.3 is 4.74 Å². The molecule has 1 saturated carbocycles. The normalized spacial score (nSPS) is 37.2. The Morgan fingerprint density at radius 1 is 1.06 bits per heavy atom. The van der Waals surface area contributed by atoms with Crippen molar-refractivity contribution in [3.8, 4) is 0 Å². The van der Waals surface area contributed by atoms with Gasteiger partial charge in [0.25, 0.3) is 0 Å². The van der Waals surface area contributed by atoms with Crippen molar-refractivity contribution in [3.63, 3.8) is 0 Å². The highest BCUT2D eigenvalue weighted by atomic mass is 16.5. The predicted molar refractivity (Wildman–Crippen MR) is 69.2 cm³/mol. The number of ether oxygens (including phenoxy) is 1. The van der Waals surface area contributed by atoms with Gasteiger partial charge in [0, 0.05) is 38.3 Å². The predicted octanol–water partition coefficient (Wildman–Crippen LogP) is 1.58. The van der Waals surface area contributed by atoms with E-state index in [4.69, 9.17) is 4.74 Å². The Morgan fingerprint density at radius 2 is 1.82 bits per heavy atom. The number of hydrogen-bond donors (Lipinski definition) is 0. The fraction of sp³-hybridized carbons (Fsp3) is 1.00. The fourth-order valence-corrected chi connectivity index (χ4v) is 3.65. The molecule has 0 bridgehead atoms. The van der Waals surface area contributed by atoms with Crippen LogP contribution in [0.3, 0.4) is 0 Å². The third-order valence-electron chi connectivity index (χ3n) is 5.08. The minimum atomic E-state index is 0.758. The molecule has 0 aromatic rings. The summed E-state index contributed by atoms with van der Waals surface area (Å²) in [5, 5.41) is 0. The van der Waals surface area contributed by atoms with Gasteiger partial charge in [-0.25, -0.2) is 0 Å². The zero-order valence-electron chi connectivity index (χ0n) is 11.1. The molecule has 0 amide bonds. The average molecular weight is 238 g/mol. The van der Waals surface area contributed by atoms with Crippen LogP contribution in [0.2, 0.25) is 0 Å². The molecule has 0 unspecified atom stereocenters. The molecule has 0 aromatic carbocycles. The Labute approximate surface area is 105 Å². The van der Waals surface area contributed by atoms with E-state index in [0.29, 0.717) is 0 Å². The molecule has 2 aliphatic heterocycles. The van der Waals surface area contributed by atoms with Crippen LogP contribution in [0.1, 0.15) is 32.6 Å². The van der Waals surface area contributed by atoms with Gasteiger partial charge in [0.2, 0.25) is 0 Å². The van der Waals surface area contributed by atoms with Gasteiger partial charge in [0.1, 0.15) is 0 Å². The first-order valence-electron chi connectivity index (χ1n) is 7.40. The van der Waals surface area contributed by atoms with Crippen LogP contribution < -0.4 is 0 Å². The molecule has 1 aliphatic carbocycles. The molecule has 0 spiro atoms. The number of nitrogens with zero attached hydrogens (tertiary/aromatic N) is 2. The second-order valence-electron chi connectivity index (χ2n) is 6.04. The standard InChI is InChI=1S/C14H26N2O/c1-12-14(15-7-9-17-10-8-15)5-6-16(12)11-13-3-2-4-13/h12-14H,2-11H2,1H3/t12-,14-/m1/s1. The molecular weight excluding hydrogens is 212 g/mol. The van der Waals surface area contributed by atoms with Crippen LogP contribution in [0.15, 0.2) is 0 Å². The van der Waals surface area contributed by atoms with Crippen LogP contribution in [-0.4, -0.2) is 61.3 Å². The lowest BCUT2D eigenvalue weighted by Gasteiger charge is -2.37. The van der Waals surface area contributed by atoms with E-state index in [9.17, 15) is 0 Å². The molecular formula is C14H26N2O. The Balaban J connectivity index is 1.52. The maximum atomic E-state index is 5.46. The summed E-state index contributed by atoms with van der Waals surface area (Å²) < 4.78 is 5.46. The quantitative estimate of drug-likeness (QED) is 0.742. The lowest BCUT2D eigenvalue weighted by molar-refractivity contribution is 0.00883. The Kier molecular flexibility index (Phi) is 3.69. The highest BCUT2D eigenvalue weighted by molar-refractivity contribution is 4.92. The lowest BCUT2D eigenvalue weighted by atomic mass is 9.85. The first kappa shape index (κ1) is 11.9. The van der Waals surface area contributed by atoms with Crippen LogP contribution in [0.25, 0.3) is 0 Å². The number of rotatable bonds is 3. The van der Waals surface area contributed by atoms with Crippen molar-refractivity contribution in [1.29, 1.82) is 0 Å². The number of likely N-dealkylation sites (tertiary alicyclic amines) is 1. The van der Waals surface area contributed by atoms with Gasteiger partial charge in [-0.05, 0) is 32.1 Å². The minimum absolute atomic E-state index is 0.758. The topological polar surface area (TPSA) is 15.7 Å². The van der Waals surface area contributed by atoms with E-state index in [2.05, 4.69) is 16.7 Å². The van der Waals surface area contributed by atoms with Crippen molar-refractivity contribution in [2.24, 2.45) is 5.92 Å². The molecule has 3 aliphatic rings. The summed E-state index contributed by atoms with van der Waals surface area (Å²) in [7, 11) is 0. The summed E-state index contributed by atoms with van der Waals surface area (Å²) in [4.78, 5) is 5.40. The van der Waals surface area contributed by atoms with E-state index in [1.165, 1.54) is 38.8 Å². The van der Waals surface area contributed by atoms with Crippen LogP contribution in [-0.2, 0) is 4.74 Å². The molecule has 0 radical (unpaired) electrons. The van der Waals surface area contributed by atoms with Crippen LogP contribution in [0.4, 0.5) is 0 Å². The molecule has 98 valence electrons. The fourth-order valence-electron chi connectivity index (χ4n) is 3.65. The third kappa shape index (κ3) is 2.51. The molecule has 0 N–H and O–H groups in total. The smallest absolute Gasteiger partial charge is 0.0594 e. The molecule has 3 fully saturated rings. The van der Waals surface area contributed by atoms with Gasteiger partial charge in [0.05, 0.1) is 13.2 Å². The Hall–Kier alpha value is -0.120. The zero-order valence-corrected chi connectivity index (χ0v) is 11.1. The van der Waals surface area contributed by atoms with E-state index in [1.807, 2.05) is 0 Å². The maximum Gasteiger partial charge on any atom is 0.0594 e. The largest absolute Gasteiger partial charge is 0.379 e. The van der Waals surface area contributed by atoms with Crippen LogP contribution in [0, 0.1) is 5.92 Å². The van der Waals surface area contributed by atoms with E-state index in [0.717, 1.165) is 44.3 Å². The summed E-state index contributed by atoms with van der Waals surface area (Å²) >= 11 is 0. The Bertz CT molecular complexity index is 249.